The summed E-state index contributed by atoms with van der Waals surface area (Å²) in [6.45, 7) is 0. The highest BCUT2D eigenvalue weighted by molar-refractivity contribution is 7.99. The first-order valence-corrected chi connectivity index (χ1v) is 6.92. The van der Waals surface area contributed by atoms with Crippen molar-refractivity contribution in [2.45, 2.75) is 54.8 Å². The lowest BCUT2D eigenvalue weighted by Gasteiger charge is -2.25. The lowest BCUT2D eigenvalue weighted by atomic mass is 9.97. The number of nitrogens with zero attached hydrogens (tertiary/aromatic N) is 2. The van der Waals surface area contributed by atoms with E-state index in [9.17, 15) is 0 Å². The van der Waals surface area contributed by atoms with Gasteiger partial charge in [0, 0.05) is 23.7 Å². The second kappa shape index (κ2) is 6.21. The predicted molar refractivity (Wildman–Crippen MR) is 67.4 cm³/mol. The Balaban J connectivity index is 1.95. The van der Waals surface area contributed by atoms with Crippen molar-refractivity contribution in [3.05, 3.63) is 18.6 Å². The molecule has 88 valence electrons. The molecule has 16 heavy (non-hydrogen) atoms. The zero-order chi connectivity index (χ0) is 11.2. The van der Waals surface area contributed by atoms with Gasteiger partial charge in [-0.05, 0) is 12.8 Å². The summed E-state index contributed by atoms with van der Waals surface area (Å²) >= 11 is 1.80. The molecule has 0 saturated heterocycles. The maximum absolute atomic E-state index is 6.23. The van der Waals surface area contributed by atoms with Gasteiger partial charge in [-0.25, -0.2) is 4.98 Å². The molecule has 0 bridgehead atoms. The number of rotatable bonds is 2. The number of hydrogen-bond acceptors (Lipinski definition) is 4. The molecule has 0 amide bonds. The predicted octanol–water partition coefficient (Wildman–Crippen LogP) is 2.62. The van der Waals surface area contributed by atoms with Gasteiger partial charge in [-0.15, -0.1) is 0 Å². The van der Waals surface area contributed by atoms with Crippen molar-refractivity contribution in [2.24, 2.45) is 5.73 Å². The summed E-state index contributed by atoms with van der Waals surface area (Å²) in [7, 11) is 0. The second-order valence-electron chi connectivity index (χ2n) is 4.36. The summed E-state index contributed by atoms with van der Waals surface area (Å²) in [6, 6.07) is 0.312. The Hall–Kier alpha value is -0.610. The maximum atomic E-state index is 6.23. The van der Waals surface area contributed by atoms with Crippen LogP contribution in [0.25, 0.3) is 0 Å². The molecule has 1 aliphatic rings. The van der Waals surface area contributed by atoms with E-state index in [2.05, 4.69) is 9.97 Å². The van der Waals surface area contributed by atoms with Crippen LogP contribution in [0.5, 0.6) is 0 Å². The molecule has 0 spiro atoms. The van der Waals surface area contributed by atoms with Gasteiger partial charge < -0.3 is 5.73 Å². The molecule has 0 aliphatic heterocycles. The van der Waals surface area contributed by atoms with Crippen LogP contribution in [0, 0.1) is 0 Å². The van der Waals surface area contributed by atoms with Crippen molar-refractivity contribution in [3.63, 3.8) is 0 Å². The van der Waals surface area contributed by atoms with E-state index in [-0.39, 0.29) is 0 Å². The summed E-state index contributed by atoms with van der Waals surface area (Å²) in [4.78, 5) is 8.40. The van der Waals surface area contributed by atoms with Gasteiger partial charge in [-0.3, -0.25) is 4.98 Å². The molecule has 2 N–H and O–H groups in total. The number of hydrogen-bond donors (Lipinski definition) is 1. The Bertz CT molecular complexity index is 304. The van der Waals surface area contributed by atoms with E-state index >= 15 is 0 Å². The van der Waals surface area contributed by atoms with Crippen LogP contribution in [0.4, 0.5) is 0 Å². The third kappa shape index (κ3) is 3.46. The molecule has 1 aromatic heterocycles. The van der Waals surface area contributed by atoms with Crippen LogP contribution in [0.1, 0.15) is 38.5 Å². The molecule has 3 nitrogen and oxygen atoms in total. The van der Waals surface area contributed by atoms with E-state index < -0.39 is 0 Å². The first kappa shape index (κ1) is 11.9. The van der Waals surface area contributed by atoms with Crippen molar-refractivity contribution in [2.75, 3.05) is 0 Å². The Kier molecular flexibility index (Phi) is 4.60. The van der Waals surface area contributed by atoms with E-state index in [1.807, 2.05) is 6.20 Å². The maximum Gasteiger partial charge on any atom is 0.115 e. The van der Waals surface area contributed by atoms with E-state index in [1.165, 1.54) is 32.1 Å². The molecule has 4 heteroatoms. The number of thioether (sulfide) groups is 1. The summed E-state index contributed by atoms with van der Waals surface area (Å²) in [6.07, 6.45) is 12.9. The van der Waals surface area contributed by atoms with Crippen molar-refractivity contribution < 1.29 is 0 Å². The first-order valence-electron chi connectivity index (χ1n) is 6.04. The zero-order valence-electron chi connectivity index (χ0n) is 9.51. The van der Waals surface area contributed by atoms with Crippen molar-refractivity contribution in [1.29, 1.82) is 0 Å². The summed E-state index contributed by atoms with van der Waals surface area (Å²) in [5, 5.41) is 1.51. The molecule has 0 aromatic carbocycles. The molecule has 1 aliphatic carbocycles. The summed E-state index contributed by atoms with van der Waals surface area (Å²) in [5.74, 6) is 0. The van der Waals surface area contributed by atoms with E-state index in [0.29, 0.717) is 11.3 Å². The molecule has 2 unspecified atom stereocenters. The molecule has 0 radical (unpaired) electrons. The normalized spacial score (nSPS) is 27.1. The molecule has 1 fully saturated rings. The molecular formula is C12H19N3S. The zero-order valence-corrected chi connectivity index (χ0v) is 10.3. The van der Waals surface area contributed by atoms with Crippen LogP contribution >= 0.6 is 11.8 Å². The van der Waals surface area contributed by atoms with Crippen LogP contribution < -0.4 is 5.73 Å². The van der Waals surface area contributed by atoms with Crippen molar-refractivity contribution >= 4 is 11.8 Å². The SMILES string of the molecule is NC1CCCCCCC1Sc1cnccn1. The third-order valence-electron chi connectivity index (χ3n) is 3.07. The van der Waals surface area contributed by atoms with E-state index in [4.69, 9.17) is 5.73 Å². The lowest BCUT2D eigenvalue weighted by molar-refractivity contribution is 0.463. The van der Waals surface area contributed by atoms with Crippen LogP contribution in [0.15, 0.2) is 23.6 Å². The topological polar surface area (TPSA) is 51.8 Å². The highest BCUT2D eigenvalue weighted by Crippen LogP contribution is 2.30. The minimum absolute atomic E-state index is 0.312. The minimum Gasteiger partial charge on any atom is -0.327 e. The highest BCUT2D eigenvalue weighted by atomic mass is 32.2. The lowest BCUT2D eigenvalue weighted by Crippen LogP contribution is -2.33. The van der Waals surface area contributed by atoms with Crippen molar-refractivity contribution in [3.8, 4) is 0 Å². The minimum atomic E-state index is 0.312. The van der Waals surface area contributed by atoms with Gasteiger partial charge in [0.25, 0.3) is 0 Å². The number of aromatic nitrogens is 2. The van der Waals surface area contributed by atoms with Crippen molar-refractivity contribution in [1.82, 2.24) is 9.97 Å². The van der Waals surface area contributed by atoms with Crippen LogP contribution in [-0.4, -0.2) is 21.3 Å². The van der Waals surface area contributed by atoms with Gasteiger partial charge >= 0.3 is 0 Å². The third-order valence-corrected chi connectivity index (χ3v) is 4.41. The highest BCUT2D eigenvalue weighted by Gasteiger charge is 2.20. The standard InChI is InChI=1S/C12H19N3S/c13-10-5-3-1-2-4-6-11(10)16-12-9-14-7-8-15-12/h7-11H,1-6,13H2. The Morgan fingerprint density at radius 2 is 1.94 bits per heavy atom. The average molecular weight is 237 g/mol. The monoisotopic (exact) mass is 237 g/mol. The van der Waals surface area contributed by atoms with Gasteiger partial charge in [0.05, 0.1) is 6.20 Å². The van der Waals surface area contributed by atoms with E-state index in [1.54, 1.807) is 24.2 Å². The fraction of sp³-hybridized carbons (Fsp3) is 0.667. The van der Waals surface area contributed by atoms with Gasteiger partial charge in [0.1, 0.15) is 5.03 Å². The largest absolute Gasteiger partial charge is 0.327 e. The van der Waals surface area contributed by atoms with E-state index in [0.717, 1.165) is 11.4 Å². The molecular weight excluding hydrogens is 218 g/mol. The molecule has 1 aromatic rings. The molecule has 1 heterocycles. The summed E-state index contributed by atoms with van der Waals surface area (Å²) < 4.78 is 0. The van der Waals surface area contributed by atoms with Gasteiger partial charge in [-0.1, -0.05) is 37.4 Å². The van der Waals surface area contributed by atoms with Crippen LogP contribution in [0.2, 0.25) is 0 Å². The first-order chi connectivity index (χ1) is 7.86. The Morgan fingerprint density at radius 3 is 2.69 bits per heavy atom. The fourth-order valence-corrected chi connectivity index (χ4v) is 3.28. The Morgan fingerprint density at radius 1 is 1.12 bits per heavy atom. The van der Waals surface area contributed by atoms with Gasteiger partial charge in [0.2, 0.25) is 0 Å². The van der Waals surface area contributed by atoms with Crippen LogP contribution in [0.3, 0.4) is 0 Å². The summed E-state index contributed by atoms with van der Waals surface area (Å²) in [5.41, 5.74) is 6.23. The average Bonchev–Trinajstić information content (AvgIpc) is 2.30. The Labute approximate surface area is 101 Å². The quantitative estimate of drug-likeness (QED) is 0.859. The second-order valence-corrected chi connectivity index (χ2v) is 5.61. The molecule has 2 rings (SSSR count). The van der Waals surface area contributed by atoms with Crippen LogP contribution in [-0.2, 0) is 0 Å². The van der Waals surface area contributed by atoms with Gasteiger partial charge in [-0.2, -0.15) is 0 Å². The smallest absolute Gasteiger partial charge is 0.115 e. The number of nitrogens with two attached hydrogens (primary N) is 1. The molecule has 1 saturated carbocycles. The van der Waals surface area contributed by atoms with Gasteiger partial charge in [0.15, 0.2) is 0 Å². The fourth-order valence-electron chi connectivity index (χ4n) is 2.13. The molecule has 2 atom stereocenters.